The Kier molecular flexibility index (Phi) is 5.92. The molecule has 4 rings (SSSR count). The molecule has 1 amide bonds. The molecule has 1 fully saturated rings. The Bertz CT molecular complexity index is 854. The van der Waals surface area contributed by atoms with Crippen LogP contribution in [-0.4, -0.2) is 60.2 Å². The van der Waals surface area contributed by atoms with Crippen LogP contribution < -0.4 is 0 Å². The molecule has 0 bridgehead atoms. The number of benzene rings is 1. The van der Waals surface area contributed by atoms with E-state index in [4.69, 9.17) is 27.9 Å². The number of Topliss-reactive ketones (excluding diaryl/α,β-unsaturated/α-hetero) is 1. The maximum Gasteiger partial charge on any atom is 0.290 e. The largest absolute Gasteiger partial charge is 0.483 e. The van der Waals surface area contributed by atoms with E-state index in [9.17, 15) is 9.59 Å². The molecule has 1 saturated carbocycles. The lowest BCUT2D eigenvalue weighted by atomic mass is 9.77. The van der Waals surface area contributed by atoms with Crippen LogP contribution in [-0.2, 0) is 14.3 Å². The Balaban J connectivity index is 1.71. The highest BCUT2D eigenvalue weighted by molar-refractivity contribution is 6.30. The summed E-state index contributed by atoms with van der Waals surface area (Å²) in [4.78, 5) is 30.7. The second-order valence-corrected chi connectivity index (χ2v) is 9.45. The van der Waals surface area contributed by atoms with Crippen LogP contribution in [0.15, 0.2) is 35.6 Å². The highest BCUT2D eigenvalue weighted by Crippen LogP contribution is 2.47. The average molecular weight is 437 g/mol. The normalized spacial score (nSPS) is 29.2. The van der Waals surface area contributed by atoms with Crippen molar-refractivity contribution in [3.05, 3.63) is 46.2 Å². The minimum atomic E-state index is -0.456. The van der Waals surface area contributed by atoms with Crippen molar-refractivity contribution in [1.82, 2.24) is 9.80 Å². The van der Waals surface area contributed by atoms with Crippen molar-refractivity contribution in [1.29, 1.82) is 0 Å². The first kappa shape index (κ1) is 20.7. The zero-order chi connectivity index (χ0) is 20.7. The highest BCUT2D eigenvalue weighted by atomic mass is 35.5. The third kappa shape index (κ3) is 3.92. The molecule has 4 atom stereocenters. The third-order valence-electron chi connectivity index (χ3n) is 6.05. The van der Waals surface area contributed by atoms with Crippen LogP contribution in [0.25, 0.3) is 0 Å². The van der Waals surface area contributed by atoms with E-state index in [1.54, 1.807) is 11.0 Å². The summed E-state index contributed by atoms with van der Waals surface area (Å²) in [5.74, 6) is -0.223. The lowest BCUT2D eigenvalue weighted by molar-refractivity contribution is -0.135. The predicted molar refractivity (Wildman–Crippen MR) is 113 cm³/mol. The van der Waals surface area contributed by atoms with Crippen LogP contribution in [0.1, 0.15) is 37.3 Å². The number of alkyl halides is 1. The third-order valence-corrected chi connectivity index (χ3v) is 6.68. The van der Waals surface area contributed by atoms with Crippen molar-refractivity contribution in [3.63, 3.8) is 0 Å². The number of halogens is 2. The zero-order valence-corrected chi connectivity index (χ0v) is 18.2. The first-order valence-corrected chi connectivity index (χ1v) is 11.0. The van der Waals surface area contributed by atoms with Gasteiger partial charge < -0.3 is 14.5 Å². The van der Waals surface area contributed by atoms with Gasteiger partial charge >= 0.3 is 0 Å². The van der Waals surface area contributed by atoms with E-state index in [0.717, 1.165) is 24.9 Å². The molecule has 0 saturated heterocycles. The summed E-state index contributed by atoms with van der Waals surface area (Å²) in [5.41, 5.74) is 1.32. The van der Waals surface area contributed by atoms with Crippen molar-refractivity contribution < 1.29 is 14.3 Å². The van der Waals surface area contributed by atoms with Gasteiger partial charge in [0, 0.05) is 16.9 Å². The van der Waals surface area contributed by atoms with Crippen molar-refractivity contribution in [2.75, 3.05) is 27.2 Å². The van der Waals surface area contributed by atoms with Gasteiger partial charge in [0.1, 0.15) is 6.10 Å². The van der Waals surface area contributed by atoms with Crippen molar-refractivity contribution in [2.24, 2.45) is 5.92 Å². The first-order chi connectivity index (χ1) is 13.9. The maximum absolute atomic E-state index is 13.5. The summed E-state index contributed by atoms with van der Waals surface area (Å²) in [7, 11) is 4.01. The van der Waals surface area contributed by atoms with E-state index in [0.29, 0.717) is 30.0 Å². The fourth-order valence-electron chi connectivity index (χ4n) is 4.67. The van der Waals surface area contributed by atoms with Crippen LogP contribution >= 0.6 is 23.2 Å². The van der Waals surface area contributed by atoms with E-state index in [2.05, 4.69) is 4.90 Å². The molecule has 2 aliphatic heterocycles. The summed E-state index contributed by atoms with van der Waals surface area (Å²) in [5, 5.41) is 0.557. The predicted octanol–water partition coefficient (Wildman–Crippen LogP) is 3.80. The van der Waals surface area contributed by atoms with Crippen LogP contribution in [0.5, 0.6) is 0 Å². The highest BCUT2D eigenvalue weighted by Gasteiger charge is 2.52. The van der Waals surface area contributed by atoms with Crippen molar-refractivity contribution in [2.45, 2.75) is 43.2 Å². The number of nitrogens with zero attached hydrogens (tertiary/aromatic N) is 2. The van der Waals surface area contributed by atoms with E-state index in [1.165, 1.54) is 0 Å². The van der Waals surface area contributed by atoms with E-state index < -0.39 is 6.04 Å². The number of fused-ring (bicyclic) bond motifs is 1. The van der Waals surface area contributed by atoms with Gasteiger partial charge in [-0.3, -0.25) is 9.59 Å². The van der Waals surface area contributed by atoms with Gasteiger partial charge in [-0.25, -0.2) is 0 Å². The monoisotopic (exact) mass is 436 g/mol. The second kappa shape index (κ2) is 8.29. The molecule has 5 nitrogen and oxygen atoms in total. The summed E-state index contributed by atoms with van der Waals surface area (Å²) < 4.78 is 6.15. The molecule has 4 unspecified atom stereocenters. The summed E-state index contributed by atoms with van der Waals surface area (Å²) in [6.07, 6.45) is 2.66. The zero-order valence-electron chi connectivity index (χ0n) is 16.7. The fraction of sp³-hybridized carbons (Fsp3) is 0.545. The van der Waals surface area contributed by atoms with Gasteiger partial charge in [0.05, 0.1) is 17.5 Å². The SMILES string of the molecule is CN(C)CCCN1C(=O)C2=C(C(=O)C3CC(Cl)CCC3O2)C1c1cccc(Cl)c1. The molecule has 1 aromatic carbocycles. The number of carbonyl (C=O) groups excluding carboxylic acids is 2. The number of carbonyl (C=O) groups is 2. The Hall–Kier alpha value is -1.56. The molecule has 0 spiro atoms. The molecule has 156 valence electrons. The lowest BCUT2D eigenvalue weighted by Gasteiger charge is -2.37. The van der Waals surface area contributed by atoms with Gasteiger partial charge in [-0.05, 0) is 64.0 Å². The van der Waals surface area contributed by atoms with Gasteiger partial charge in [0.2, 0.25) is 0 Å². The van der Waals surface area contributed by atoms with Crippen molar-refractivity contribution in [3.8, 4) is 0 Å². The first-order valence-electron chi connectivity index (χ1n) is 10.2. The molecule has 0 radical (unpaired) electrons. The lowest BCUT2D eigenvalue weighted by Crippen LogP contribution is -2.41. The number of hydrogen-bond donors (Lipinski definition) is 0. The van der Waals surface area contributed by atoms with E-state index in [-0.39, 0.29) is 34.8 Å². The van der Waals surface area contributed by atoms with Crippen LogP contribution in [0.2, 0.25) is 5.02 Å². The van der Waals surface area contributed by atoms with Gasteiger partial charge in [0.25, 0.3) is 5.91 Å². The smallest absolute Gasteiger partial charge is 0.290 e. The van der Waals surface area contributed by atoms with Crippen LogP contribution in [0.3, 0.4) is 0 Å². The van der Waals surface area contributed by atoms with Gasteiger partial charge in [-0.15, -0.1) is 11.6 Å². The fourth-order valence-corrected chi connectivity index (χ4v) is 5.19. The summed E-state index contributed by atoms with van der Waals surface area (Å²) >= 11 is 12.6. The number of ether oxygens (including phenoxy) is 1. The Labute approximate surface area is 181 Å². The standard InChI is InChI=1S/C22H26Cl2N2O3/c1-25(2)9-4-10-26-19(13-5-3-6-14(23)11-13)18-20(27)16-12-15(24)7-8-17(16)29-21(18)22(26)28/h3,5-6,11,15-17,19H,4,7-10,12H2,1-2H3. The van der Waals surface area contributed by atoms with E-state index >= 15 is 0 Å². The molecular formula is C22H26Cl2N2O3. The molecule has 1 aromatic rings. The maximum atomic E-state index is 13.5. The molecule has 29 heavy (non-hydrogen) atoms. The molecule has 0 N–H and O–H groups in total. The molecule has 3 aliphatic rings. The number of hydrogen-bond acceptors (Lipinski definition) is 4. The molecular weight excluding hydrogens is 411 g/mol. The van der Waals surface area contributed by atoms with Gasteiger partial charge in [-0.2, -0.15) is 0 Å². The van der Waals surface area contributed by atoms with Crippen molar-refractivity contribution >= 4 is 34.9 Å². The van der Waals surface area contributed by atoms with Crippen LogP contribution in [0, 0.1) is 5.92 Å². The van der Waals surface area contributed by atoms with E-state index in [1.807, 2.05) is 32.3 Å². The summed E-state index contributed by atoms with van der Waals surface area (Å²) in [6, 6.07) is 6.94. The number of amides is 1. The second-order valence-electron chi connectivity index (χ2n) is 8.39. The Morgan fingerprint density at radius 3 is 2.76 bits per heavy atom. The quantitative estimate of drug-likeness (QED) is 0.658. The Morgan fingerprint density at radius 2 is 2.03 bits per heavy atom. The molecule has 7 heteroatoms. The topological polar surface area (TPSA) is 49.9 Å². The molecule has 2 heterocycles. The minimum Gasteiger partial charge on any atom is -0.483 e. The minimum absolute atomic E-state index is 0.00929. The number of ketones is 1. The van der Waals surface area contributed by atoms with Crippen LogP contribution in [0.4, 0.5) is 0 Å². The molecule has 1 aliphatic carbocycles. The van der Waals surface area contributed by atoms with Gasteiger partial charge in [-0.1, -0.05) is 23.7 Å². The average Bonchev–Trinajstić information content (AvgIpc) is 2.95. The van der Waals surface area contributed by atoms with Gasteiger partial charge in [0.15, 0.2) is 11.5 Å². The Morgan fingerprint density at radius 1 is 1.24 bits per heavy atom. The molecule has 0 aromatic heterocycles. The summed E-state index contributed by atoms with van der Waals surface area (Å²) in [6.45, 7) is 1.40. The number of rotatable bonds is 5.